The third kappa shape index (κ3) is 3.58. The molecular weight excluding hydrogens is 315 g/mol. The summed E-state index contributed by atoms with van der Waals surface area (Å²) in [6.07, 6.45) is 3.07. The minimum atomic E-state index is -0.0185. The van der Waals surface area contributed by atoms with E-state index < -0.39 is 0 Å². The number of thiol groups is 1. The molecule has 0 spiro atoms. The maximum absolute atomic E-state index is 11.5. The Bertz CT molecular complexity index is 342. The predicted octanol–water partition coefficient (Wildman–Crippen LogP) is 0.794. The van der Waals surface area contributed by atoms with Gasteiger partial charge in [-0.1, -0.05) is 0 Å². The molecule has 0 unspecified atom stereocenters. The Kier molecular flexibility index (Phi) is 5.49. The van der Waals surface area contributed by atoms with Crippen molar-refractivity contribution in [1.82, 2.24) is 9.55 Å². The molecule has 0 aliphatic carbocycles. The van der Waals surface area contributed by atoms with E-state index in [1.165, 1.54) is 6.33 Å². The number of aromatic nitrogens is 2. The lowest BCUT2D eigenvalue weighted by molar-refractivity contribution is 0.140. The Hall–Kier alpha value is -0.0800. The lowest BCUT2D eigenvalue weighted by Gasteiger charge is -2.05. The minimum absolute atomic E-state index is 0.0185. The molecule has 0 saturated carbocycles. The topological polar surface area (TPSA) is 44.1 Å². The van der Waals surface area contributed by atoms with Gasteiger partial charge in [0.25, 0.3) is 5.56 Å². The molecule has 14 heavy (non-hydrogen) atoms. The summed E-state index contributed by atoms with van der Waals surface area (Å²) in [7, 11) is 0. The van der Waals surface area contributed by atoms with Crippen molar-refractivity contribution < 1.29 is 4.74 Å². The van der Waals surface area contributed by atoms with E-state index in [0.29, 0.717) is 29.1 Å². The first-order valence-electron chi connectivity index (χ1n) is 4.14. The number of nitrogens with zero attached hydrogens (tertiary/aromatic N) is 2. The van der Waals surface area contributed by atoms with Crippen LogP contribution >= 0.6 is 35.2 Å². The third-order valence-corrected chi connectivity index (χ3v) is 2.49. The zero-order chi connectivity index (χ0) is 10.4. The molecule has 0 aliphatic heterocycles. The molecule has 0 saturated heterocycles. The molecule has 1 rings (SSSR count). The largest absolute Gasteiger partial charge is 0.379 e. The van der Waals surface area contributed by atoms with Gasteiger partial charge in [0.15, 0.2) is 0 Å². The molecule has 0 amide bonds. The van der Waals surface area contributed by atoms with Gasteiger partial charge in [-0.05, 0) is 22.6 Å². The van der Waals surface area contributed by atoms with E-state index in [1.807, 2.05) is 22.6 Å². The maximum atomic E-state index is 11.5. The zero-order valence-electron chi connectivity index (χ0n) is 7.52. The van der Waals surface area contributed by atoms with Crippen LogP contribution in [0.1, 0.15) is 0 Å². The van der Waals surface area contributed by atoms with E-state index in [1.54, 1.807) is 10.8 Å². The van der Waals surface area contributed by atoms with Crippen LogP contribution in [0.5, 0.6) is 0 Å². The highest BCUT2D eigenvalue weighted by molar-refractivity contribution is 14.1. The second kappa shape index (κ2) is 6.41. The van der Waals surface area contributed by atoms with Gasteiger partial charge in [0.2, 0.25) is 0 Å². The van der Waals surface area contributed by atoms with E-state index in [0.717, 1.165) is 0 Å². The molecule has 0 aliphatic rings. The highest BCUT2D eigenvalue weighted by atomic mass is 127. The van der Waals surface area contributed by atoms with Gasteiger partial charge in [-0.25, -0.2) is 4.98 Å². The van der Waals surface area contributed by atoms with Gasteiger partial charge in [-0.3, -0.25) is 9.36 Å². The fourth-order valence-electron chi connectivity index (χ4n) is 0.913. The predicted molar refractivity (Wildman–Crippen MR) is 65.9 cm³/mol. The summed E-state index contributed by atoms with van der Waals surface area (Å²) in [6.45, 7) is 1.66. The van der Waals surface area contributed by atoms with E-state index in [9.17, 15) is 4.79 Å². The molecule has 0 fully saturated rings. The average molecular weight is 326 g/mol. The Morgan fingerprint density at radius 2 is 2.36 bits per heavy atom. The minimum Gasteiger partial charge on any atom is -0.379 e. The smallest absolute Gasteiger partial charge is 0.266 e. The highest BCUT2D eigenvalue weighted by Gasteiger charge is 1.99. The number of hydrogen-bond acceptors (Lipinski definition) is 4. The first kappa shape index (κ1) is 12.0. The third-order valence-electron chi connectivity index (χ3n) is 1.57. The van der Waals surface area contributed by atoms with E-state index in [-0.39, 0.29) is 5.56 Å². The number of ether oxygens (including phenoxy) is 1. The van der Waals surface area contributed by atoms with E-state index >= 15 is 0 Å². The van der Waals surface area contributed by atoms with Crippen LogP contribution < -0.4 is 5.56 Å². The quantitative estimate of drug-likeness (QED) is 0.494. The summed E-state index contributed by atoms with van der Waals surface area (Å²) in [5.41, 5.74) is -0.0185. The molecule has 0 bridgehead atoms. The van der Waals surface area contributed by atoms with Crippen molar-refractivity contribution in [3.63, 3.8) is 0 Å². The number of hydrogen-bond donors (Lipinski definition) is 1. The summed E-state index contributed by atoms with van der Waals surface area (Å²) in [5.74, 6) is 0.694. The standard InChI is InChI=1S/C8H11IN2O2S/c9-7-5-10-6-11(8(7)12)1-2-13-3-4-14/h5-6,14H,1-4H2. The van der Waals surface area contributed by atoms with Crippen molar-refractivity contribution in [2.24, 2.45) is 0 Å². The number of rotatable bonds is 5. The Morgan fingerprint density at radius 3 is 3.07 bits per heavy atom. The fraction of sp³-hybridized carbons (Fsp3) is 0.500. The normalized spacial score (nSPS) is 10.4. The molecular formula is C8H11IN2O2S. The Morgan fingerprint density at radius 1 is 1.57 bits per heavy atom. The maximum Gasteiger partial charge on any atom is 0.266 e. The summed E-state index contributed by atoms with van der Waals surface area (Å²) >= 11 is 5.98. The van der Waals surface area contributed by atoms with Crippen molar-refractivity contribution in [3.05, 3.63) is 26.4 Å². The van der Waals surface area contributed by atoms with Crippen LogP contribution in [0.15, 0.2) is 17.3 Å². The van der Waals surface area contributed by atoms with Gasteiger partial charge in [0.05, 0.1) is 29.7 Å². The molecule has 78 valence electrons. The fourth-order valence-corrected chi connectivity index (χ4v) is 1.51. The highest BCUT2D eigenvalue weighted by Crippen LogP contribution is 1.93. The molecule has 0 radical (unpaired) electrons. The van der Waals surface area contributed by atoms with Crippen molar-refractivity contribution in [3.8, 4) is 0 Å². The van der Waals surface area contributed by atoms with Crippen molar-refractivity contribution in [2.45, 2.75) is 6.54 Å². The molecule has 0 aromatic carbocycles. The van der Waals surface area contributed by atoms with Gasteiger partial charge in [0, 0.05) is 11.9 Å². The van der Waals surface area contributed by atoms with Gasteiger partial charge >= 0.3 is 0 Å². The molecule has 0 N–H and O–H groups in total. The zero-order valence-corrected chi connectivity index (χ0v) is 10.6. The monoisotopic (exact) mass is 326 g/mol. The van der Waals surface area contributed by atoms with Crippen LogP contribution in [0.3, 0.4) is 0 Å². The molecule has 4 nitrogen and oxygen atoms in total. The summed E-state index contributed by atoms with van der Waals surface area (Å²) < 4.78 is 7.38. The molecule has 1 heterocycles. The van der Waals surface area contributed by atoms with E-state index in [4.69, 9.17) is 4.74 Å². The van der Waals surface area contributed by atoms with Crippen molar-refractivity contribution >= 4 is 35.2 Å². The first-order valence-corrected chi connectivity index (χ1v) is 5.85. The summed E-state index contributed by atoms with van der Waals surface area (Å²) in [4.78, 5) is 15.4. The van der Waals surface area contributed by atoms with E-state index in [2.05, 4.69) is 17.6 Å². The second-order valence-electron chi connectivity index (χ2n) is 2.58. The molecule has 1 aromatic heterocycles. The van der Waals surface area contributed by atoms with Gasteiger partial charge < -0.3 is 4.74 Å². The van der Waals surface area contributed by atoms with Crippen LogP contribution in [0.4, 0.5) is 0 Å². The van der Waals surface area contributed by atoms with Crippen LogP contribution in [-0.2, 0) is 11.3 Å². The first-order chi connectivity index (χ1) is 6.75. The van der Waals surface area contributed by atoms with Crippen LogP contribution in [0.2, 0.25) is 0 Å². The SMILES string of the molecule is O=c1c(I)cncn1CCOCCS. The van der Waals surface area contributed by atoms with Crippen LogP contribution in [0.25, 0.3) is 0 Å². The van der Waals surface area contributed by atoms with Crippen molar-refractivity contribution in [2.75, 3.05) is 19.0 Å². The lowest BCUT2D eigenvalue weighted by atomic mass is 10.6. The van der Waals surface area contributed by atoms with Crippen LogP contribution in [0, 0.1) is 3.57 Å². The lowest BCUT2D eigenvalue weighted by Crippen LogP contribution is -2.24. The van der Waals surface area contributed by atoms with Gasteiger partial charge in [0.1, 0.15) is 0 Å². The summed E-state index contributed by atoms with van der Waals surface area (Å²) in [5, 5.41) is 0. The van der Waals surface area contributed by atoms with Crippen molar-refractivity contribution in [1.29, 1.82) is 0 Å². The van der Waals surface area contributed by atoms with Gasteiger partial charge in [-0.2, -0.15) is 12.6 Å². The van der Waals surface area contributed by atoms with Crippen LogP contribution in [-0.4, -0.2) is 28.5 Å². The Balaban J connectivity index is 2.51. The Labute approximate surface area is 101 Å². The average Bonchev–Trinajstić information content (AvgIpc) is 2.19. The molecule has 6 heteroatoms. The molecule has 1 aromatic rings. The summed E-state index contributed by atoms with van der Waals surface area (Å²) in [6, 6.07) is 0. The van der Waals surface area contributed by atoms with Gasteiger partial charge in [-0.15, -0.1) is 0 Å². The number of halogens is 1. The molecule has 0 atom stereocenters. The second-order valence-corrected chi connectivity index (χ2v) is 4.19.